The average Bonchev–Trinajstić information content (AvgIpc) is 2.15. The van der Waals surface area contributed by atoms with Crippen LogP contribution >= 0.6 is 0 Å². The Kier molecular flexibility index (Phi) is 3.42. The molecule has 0 spiro atoms. The third kappa shape index (κ3) is 3.53. The Morgan fingerprint density at radius 3 is 2.86 bits per heavy atom. The molecule has 0 saturated heterocycles. The van der Waals surface area contributed by atoms with Crippen LogP contribution < -0.4 is 16.8 Å². The summed E-state index contributed by atoms with van der Waals surface area (Å²) in [6, 6.07) is 4.72. The van der Waals surface area contributed by atoms with Gasteiger partial charge in [0.1, 0.15) is 0 Å². The zero-order chi connectivity index (χ0) is 10.4. The summed E-state index contributed by atoms with van der Waals surface area (Å²) in [6.07, 6.45) is 1.66. The van der Waals surface area contributed by atoms with Crippen LogP contribution in [0.1, 0.15) is 5.69 Å². The number of hydrogen-bond acceptors (Lipinski definition) is 3. The molecule has 0 bridgehead atoms. The molecule has 2 amide bonds. The van der Waals surface area contributed by atoms with Crippen molar-refractivity contribution in [3.05, 3.63) is 30.1 Å². The van der Waals surface area contributed by atoms with Gasteiger partial charge >= 0.3 is 6.03 Å². The lowest BCUT2D eigenvalue weighted by molar-refractivity contribution is 0.253. The predicted molar refractivity (Wildman–Crippen MR) is 52.3 cm³/mol. The molecular weight excluding hydrogens is 182 g/mol. The summed E-state index contributed by atoms with van der Waals surface area (Å²) in [5.41, 5.74) is 10.9. The Hall–Kier alpha value is -2.11. The Bertz CT molecular complexity index is 335. The number of pyridine rings is 1. The number of aromatic nitrogens is 1. The van der Waals surface area contributed by atoms with E-state index < -0.39 is 6.03 Å². The minimum Gasteiger partial charge on any atom is -0.370 e. The first-order chi connectivity index (χ1) is 6.68. The first-order valence-electron chi connectivity index (χ1n) is 3.95. The summed E-state index contributed by atoms with van der Waals surface area (Å²) in [6.45, 7) is 0.312. The lowest BCUT2D eigenvalue weighted by Crippen LogP contribution is -2.40. The number of aliphatic imine (C=N–C) groups is 1. The van der Waals surface area contributed by atoms with Crippen molar-refractivity contribution in [3.8, 4) is 0 Å². The van der Waals surface area contributed by atoms with Gasteiger partial charge in [0.15, 0.2) is 5.96 Å². The summed E-state index contributed by atoms with van der Waals surface area (Å²) in [4.78, 5) is 18.2. The number of hydrogen-bond donors (Lipinski definition) is 3. The highest BCUT2D eigenvalue weighted by atomic mass is 16.2. The Morgan fingerprint density at radius 2 is 2.29 bits per heavy atom. The van der Waals surface area contributed by atoms with E-state index in [9.17, 15) is 4.79 Å². The average molecular weight is 193 g/mol. The predicted octanol–water partition coefficient (Wildman–Crippen LogP) is -0.435. The topological polar surface area (TPSA) is 106 Å². The van der Waals surface area contributed by atoms with E-state index in [1.165, 1.54) is 0 Å². The SMILES string of the molecule is NC(=O)NC(N)=NCc1ccccn1. The van der Waals surface area contributed by atoms with E-state index in [0.717, 1.165) is 5.69 Å². The Labute approximate surface area is 81.0 Å². The van der Waals surface area contributed by atoms with Gasteiger partial charge in [-0.25, -0.2) is 9.79 Å². The number of urea groups is 1. The van der Waals surface area contributed by atoms with Crippen LogP contribution in [-0.2, 0) is 6.54 Å². The van der Waals surface area contributed by atoms with Gasteiger partial charge < -0.3 is 11.5 Å². The van der Waals surface area contributed by atoms with Gasteiger partial charge in [-0.3, -0.25) is 10.3 Å². The van der Waals surface area contributed by atoms with Crippen LogP contribution in [0, 0.1) is 0 Å². The maximum atomic E-state index is 10.4. The third-order valence-corrected chi connectivity index (χ3v) is 1.39. The molecule has 0 fully saturated rings. The second kappa shape index (κ2) is 4.80. The van der Waals surface area contributed by atoms with Gasteiger partial charge in [-0.2, -0.15) is 0 Å². The molecule has 0 aliphatic rings. The van der Waals surface area contributed by atoms with Crippen molar-refractivity contribution in [2.75, 3.05) is 0 Å². The molecular formula is C8H11N5O. The monoisotopic (exact) mass is 193 g/mol. The first-order valence-corrected chi connectivity index (χ1v) is 3.95. The van der Waals surface area contributed by atoms with Crippen LogP contribution in [0.25, 0.3) is 0 Å². The number of nitrogens with one attached hydrogen (secondary N) is 1. The van der Waals surface area contributed by atoms with Gasteiger partial charge in [0.25, 0.3) is 0 Å². The summed E-state index contributed by atoms with van der Waals surface area (Å²) in [7, 11) is 0. The van der Waals surface area contributed by atoms with Crippen molar-refractivity contribution in [3.63, 3.8) is 0 Å². The first kappa shape index (κ1) is 9.97. The molecule has 5 N–H and O–H groups in total. The van der Waals surface area contributed by atoms with Crippen molar-refractivity contribution >= 4 is 12.0 Å². The van der Waals surface area contributed by atoms with Crippen molar-refractivity contribution in [1.82, 2.24) is 10.3 Å². The van der Waals surface area contributed by atoms with Crippen LogP contribution in [0.5, 0.6) is 0 Å². The standard InChI is InChI=1S/C8H11N5O/c9-7(13-8(10)14)12-5-6-3-1-2-4-11-6/h1-4H,5H2,(H5,9,10,12,13,14). The van der Waals surface area contributed by atoms with Gasteiger partial charge in [0.2, 0.25) is 0 Å². The van der Waals surface area contributed by atoms with E-state index in [4.69, 9.17) is 11.5 Å². The van der Waals surface area contributed by atoms with E-state index in [2.05, 4.69) is 15.3 Å². The molecule has 0 aliphatic heterocycles. The molecule has 74 valence electrons. The summed E-state index contributed by atoms with van der Waals surface area (Å²) < 4.78 is 0. The van der Waals surface area contributed by atoms with Gasteiger partial charge in [-0.15, -0.1) is 0 Å². The lowest BCUT2D eigenvalue weighted by Gasteiger charge is -1.99. The molecule has 1 aromatic rings. The highest BCUT2D eigenvalue weighted by molar-refractivity contribution is 5.94. The maximum Gasteiger partial charge on any atom is 0.318 e. The number of primary amides is 1. The molecule has 0 aromatic carbocycles. The molecule has 0 unspecified atom stereocenters. The van der Waals surface area contributed by atoms with E-state index in [1.807, 2.05) is 6.07 Å². The second-order valence-electron chi connectivity index (χ2n) is 2.51. The minimum atomic E-state index is -0.729. The zero-order valence-corrected chi connectivity index (χ0v) is 7.47. The molecule has 0 atom stereocenters. The number of amides is 2. The van der Waals surface area contributed by atoms with Gasteiger partial charge in [-0.1, -0.05) is 6.07 Å². The highest BCUT2D eigenvalue weighted by Gasteiger charge is 1.95. The summed E-state index contributed by atoms with van der Waals surface area (Å²) in [5.74, 6) is -0.0110. The molecule has 0 radical (unpaired) electrons. The number of carbonyl (C=O) groups excluding carboxylic acids is 1. The fourth-order valence-electron chi connectivity index (χ4n) is 0.824. The smallest absolute Gasteiger partial charge is 0.318 e. The Morgan fingerprint density at radius 1 is 1.50 bits per heavy atom. The minimum absolute atomic E-state index is 0.0110. The van der Waals surface area contributed by atoms with E-state index in [0.29, 0.717) is 6.54 Å². The molecule has 6 heteroatoms. The van der Waals surface area contributed by atoms with Crippen molar-refractivity contribution < 1.29 is 4.79 Å². The quantitative estimate of drug-likeness (QED) is 0.438. The maximum absolute atomic E-state index is 10.4. The summed E-state index contributed by atoms with van der Waals surface area (Å²) in [5, 5.41) is 2.15. The molecule has 0 saturated carbocycles. The van der Waals surface area contributed by atoms with Gasteiger partial charge in [0.05, 0.1) is 12.2 Å². The van der Waals surface area contributed by atoms with Crippen molar-refractivity contribution in [1.29, 1.82) is 0 Å². The van der Waals surface area contributed by atoms with Crippen LogP contribution in [0.15, 0.2) is 29.4 Å². The second-order valence-corrected chi connectivity index (χ2v) is 2.51. The van der Waals surface area contributed by atoms with Gasteiger partial charge in [0, 0.05) is 6.20 Å². The largest absolute Gasteiger partial charge is 0.370 e. The molecule has 0 aliphatic carbocycles. The highest BCUT2D eigenvalue weighted by Crippen LogP contribution is 1.94. The number of nitrogens with two attached hydrogens (primary N) is 2. The van der Waals surface area contributed by atoms with E-state index in [-0.39, 0.29) is 5.96 Å². The van der Waals surface area contributed by atoms with Crippen molar-refractivity contribution in [2.45, 2.75) is 6.54 Å². The molecule has 1 rings (SSSR count). The molecule has 1 aromatic heterocycles. The Balaban J connectivity index is 2.51. The molecule has 6 nitrogen and oxygen atoms in total. The third-order valence-electron chi connectivity index (χ3n) is 1.39. The fraction of sp³-hybridized carbons (Fsp3) is 0.125. The number of guanidine groups is 1. The van der Waals surface area contributed by atoms with Crippen molar-refractivity contribution in [2.24, 2.45) is 16.5 Å². The molecule has 14 heavy (non-hydrogen) atoms. The summed E-state index contributed by atoms with van der Waals surface area (Å²) >= 11 is 0. The van der Waals surface area contributed by atoms with Crippen LogP contribution in [0.2, 0.25) is 0 Å². The normalized spacial score (nSPS) is 11.0. The van der Waals surface area contributed by atoms with Crippen LogP contribution in [0.3, 0.4) is 0 Å². The fourth-order valence-corrected chi connectivity index (χ4v) is 0.824. The zero-order valence-electron chi connectivity index (χ0n) is 7.47. The van der Waals surface area contributed by atoms with E-state index in [1.54, 1.807) is 18.3 Å². The van der Waals surface area contributed by atoms with Gasteiger partial charge in [-0.05, 0) is 12.1 Å². The van der Waals surface area contributed by atoms with Crippen LogP contribution in [-0.4, -0.2) is 17.0 Å². The number of carbonyl (C=O) groups is 1. The van der Waals surface area contributed by atoms with E-state index >= 15 is 0 Å². The lowest BCUT2D eigenvalue weighted by atomic mass is 10.3. The van der Waals surface area contributed by atoms with Crippen LogP contribution in [0.4, 0.5) is 4.79 Å². The molecule has 1 heterocycles. The number of nitrogens with zero attached hydrogens (tertiary/aromatic N) is 2. The number of rotatable bonds is 2.